The molecule has 0 radical (unpaired) electrons. The molecule has 0 amide bonds. The van der Waals surface area contributed by atoms with Gasteiger partial charge in [0.05, 0.1) is 11.5 Å². The predicted octanol–water partition coefficient (Wildman–Crippen LogP) is 3.92. The van der Waals surface area contributed by atoms with Gasteiger partial charge in [0.15, 0.2) is 0 Å². The summed E-state index contributed by atoms with van der Waals surface area (Å²) in [6.07, 6.45) is 0. The van der Waals surface area contributed by atoms with Gasteiger partial charge in [-0.1, -0.05) is 26.8 Å². The van der Waals surface area contributed by atoms with Crippen LogP contribution in [0.4, 0.5) is 0 Å². The standard InChI is InChI=1S/C17H23NO3S2/c1-5-21-16-9-8-14(11-15(16)17(2,3)4)23(19,20)18-12-13-7-6-10-22-13/h6-11,18H,5,12H2,1-4H3. The van der Waals surface area contributed by atoms with Gasteiger partial charge in [-0.3, -0.25) is 0 Å². The second kappa shape index (κ2) is 7.03. The van der Waals surface area contributed by atoms with Gasteiger partial charge in [-0.25, -0.2) is 13.1 Å². The minimum absolute atomic E-state index is 0.205. The summed E-state index contributed by atoms with van der Waals surface area (Å²) in [5.74, 6) is 0.734. The zero-order chi connectivity index (χ0) is 17.1. The summed E-state index contributed by atoms with van der Waals surface area (Å²) in [5.41, 5.74) is 0.683. The van der Waals surface area contributed by atoms with Crippen LogP contribution in [0.25, 0.3) is 0 Å². The zero-order valence-electron chi connectivity index (χ0n) is 13.9. The van der Waals surface area contributed by atoms with E-state index in [2.05, 4.69) is 4.72 Å². The highest BCUT2D eigenvalue weighted by molar-refractivity contribution is 7.89. The summed E-state index contributed by atoms with van der Waals surface area (Å²) in [5, 5.41) is 1.93. The number of ether oxygens (including phenoxy) is 1. The molecule has 0 unspecified atom stereocenters. The second-order valence-corrected chi connectivity index (χ2v) is 9.04. The lowest BCUT2D eigenvalue weighted by atomic mass is 9.86. The molecule has 1 heterocycles. The maximum Gasteiger partial charge on any atom is 0.240 e. The second-order valence-electron chi connectivity index (χ2n) is 6.24. The van der Waals surface area contributed by atoms with E-state index >= 15 is 0 Å². The van der Waals surface area contributed by atoms with Crippen molar-refractivity contribution < 1.29 is 13.2 Å². The van der Waals surface area contributed by atoms with Gasteiger partial charge >= 0.3 is 0 Å². The van der Waals surface area contributed by atoms with Gasteiger partial charge in [0, 0.05) is 17.0 Å². The number of benzene rings is 1. The van der Waals surface area contributed by atoms with E-state index in [1.165, 1.54) is 11.3 Å². The van der Waals surface area contributed by atoms with Crippen molar-refractivity contribution >= 4 is 21.4 Å². The van der Waals surface area contributed by atoms with Crippen molar-refractivity contribution in [3.05, 3.63) is 46.2 Å². The van der Waals surface area contributed by atoms with Crippen LogP contribution in [-0.4, -0.2) is 15.0 Å². The molecule has 1 N–H and O–H groups in total. The Kier molecular flexibility index (Phi) is 5.49. The zero-order valence-corrected chi connectivity index (χ0v) is 15.6. The minimum atomic E-state index is -3.55. The van der Waals surface area contributed by atoms with Gasteiger partial charge in [-0.2, -0.15) is 0 Å². The number of thiophene rings is 1. The minimum Gasteiger partial charge on any atom is -0.494 e. The smallest absolute Gasteiger partial charge is 0.240 e. The molecule has 2 rings (SSSR count). The highest BCUT2D eigenvalue weighted by Crippen LogP contribution is 2.33. The van der Waals surface area contributed by atoms with E-state index in [0.717, 1.165) is 16.2 Å². The van der Waals surface area contributed by atoms with Gasteiger partial charge in [-0.15, -0.1) is 11.3 Å². The van der Waals surface area contributed by atoms with Crippen molar-refractivity contribution in [2.24, 2.45) is 0 Å². The largest absolute Gasteiger partial charge is 0.494 e. The predicted molar refractivity (Wildman–Crippen MR) is 94.7 cm³/mol. The van der Waals surface area contributed by atoms with E-state index in [1.54, 1.807) is 18.2 Å². The first-order valence-electron chi connectivity index (χ1n) is 7.53. The van der Waals surface area contributed by atoms with Crippen molar-refractivity contribution in [1.82, 2.24) is 4.72 Å². The molecule has 1 aromatic heterocycles. The first-order valence-corrected chi connectivity index (χ1v) is 9.89. The Hall–Kier alpha value is -1.37. The van der Waals surface area contributed by atoms with E-state index in [-0.39, 0.29) is 10.3 Å². The SMILES string of the molecule is CCOc1ccc(S(=O)(=O)NCc2cccs2)cc1C(C)(C)C. The number of rotatable bonds is 6. The van der Waals surface area contributed by atoms with Crippen LogP contribution in [0.3, 0.4) is 0 Å². The Morgan fingerprint density at radius 2 is 1.96 bits per heavy atom. The lowest BCUT2D eigenvalue weighted by Gasteiger charge is -2.23. The van der Waals surface area contributed by atoms with Crippen LogP contribution >= 0.6 is 11.3 Å². The molecule has 23 heavy (non-hydrogen) atoms. The molecule has 0 aliphatic carbocycles. The molecule has 126 valence electrons. The summed E-state index contributed by atoms with van der Waals surface area (Å²) in [6, 6.07) is 8.86. The normalized spacial score (nSPS) is 12.3. The third-order valence-corrected chi connectivity index (χ3v) is 5.66. The van der Waals surface area contributed by atoms with Crippen LogP contribution in [-0.2, 0) is 22.0 Å². The first-order chi connectivity index (χ1) is 10.7. The van der Waals surface area contributed by atoms with Gasteiger partial charge in [0.1, 0.15) is 5.75 Å². The maximum atomic E-state index is 12.5. The summed E-state index contributed by atoms with van der Waals surface area (Å²) in [7, 11) is -3.55. The quantitative estimate of drug-likeness (QED) is 0.856. The molecule has 4 nitrogen and oxygen atoms in total. The molecule has 0 atom stereocenters. The third kappa shape index (κ3) is 4.56. The summed E-state index contributed by atoms with van der Waals surface area (Å²) < 4.78 is 33.3. The molecule has 1 aromatic carbocycles. The Bertz CT molecular complexity index is 745. The molecular formula is C17H23NO3S2. The molecule has 6 heteroatoms. The average molecular weight is 354 g/mol. The highest BCUT2D eigenvalue weighted by atomic mass is 32.2. The number of nitrogens with one attached hydrogen (secondary N) is 1. The van der Waals surface area contributed by atoms with Crippen molar-refractivity contribution in [2.45, 2.75) is 44.6 Å². The van der Waals surface area contributed by atoms with Crippen LogP contribution in [0.1, 0.15) is 38.1 Å². The molecule has 0 aliphatic rings. The van der Waals surface area contributed by atoms with E-state index in [1.807, 2.05) is 45.2 Å². The molecule has 0 saturated heterocycles. The number of sulfonamides is 1. The fraction of sp³-hybridized carbons (Fsp3) is 0.412. The third-order valence-electron chi connectivity index (χ3n) is 3.39. The summed E-state index contributed by atoms with van der Waals surface area (Å²) in [6.45, 7) is 8.89. The Labute approximate surface area is 142 Å². The Morgan fingerprint density at radius 1 is 1.22 bits per heavy atom. The van der Waals surface area contributed by atoms with Gasteiger partial charge in [0.25, 0.3) is 0 Å². The lowest BCUT2D eigenvalue weighted by Crippen LogP contribution is -2.24. The number of hydrogen-bond donors (Lipinski definition) is 1. The Morgan fingerprint density at radius 3 is 2.52 bits per heavy atom. The van der Waals surface area contributed by atoms with Crippen molar-refractivity contribution in [1.29, 1.82) is 0 Å². The monoisotopic (exact) mass is 353 g/mol. The van der Waals surface area contributed by atoms with Gasteiger partial charge < -0.3 is 4.74 Å². The van der Waals surface area contributed by atoms with Crippen LogP contribution in [0, 0.1) is 0 Å². The topological polar surface area (TPSA) is 55.4 Å². The van der Waals surface area contributed by atoms with E-state index in [4.69, 9.17) is 4.74 Å². The first kappa shape index (κ1) is 18.0. The Balaban J connectivity index is 2.31. The van der Waals surface area contributed by atoms with Crippen molar-refractivity contribution in [3.8, 4) is 5.75 Å². The van der Waals surface area contributed by atoms with Gasteiger partial charge in [0.2, 0.25) is 10.0 Å². The molecule has 0 aliphatic heterocycles. The average Bonchev–Trinajstić information content (AvgIpc) is 2.98. The molecule has 0 fully saturated rings. The number of hydrogen-bond acceptors (Lipinski definition) is 4. The molecule has 0 saturated carbocycles. The molecule has 0 spiro atoms. The fourth-order valence-electron chi connectivity index (χ4n) is 2.21. The van der Waals surface area contributed by atoms with Crippen LogP contribution in [0.2, 0.25) is 0 Å². The summed E-state index contributed by atoms with van der Waals surface area (Å²) in [4.78, 5) is 1.25. The summed E-state index contributed by atoms with van der Waals surface area (Å²) >= 11 is 1.53. The van der Waals surface area contributed by atoms with Crippen LogP contribution in [0.5, 0.6) is 5.75 Å². The van der Waals surface area contributed by atoms with Crippen molar-refractivity contribution in [3.63, 3.8) is 0 Å². The van der Waals surface area contributed by atoms with E-state index in [9.17, 15) is 8.42 Å². The van der Waals surface area contributed by atoms with Crippen molar-refractivity contribution in [2.75, 3.05) is 6.61 Å². The van der Waals surface area contributed by atoms with Crippen LogP contribution < -0.4 is 9.46 Å². The molecule has 0 bridgehead atoms. The molecule has 2 aromatic rings. The fourth-order valence-corrected chi connectivity index (χ4v) is 3.97. The van der Waals surface area contributed by atoms with Gasteiger partial charge in [-0.05, 0) is 42.0 Å². The molecular weight excluding hydrogens is 330 g/mol. The van der Waals surface area contributed by atoms with E-state index < -0.39 is 10.0 Å². The van der Waals surface area contributed by atoms with E-state index in [0.29, 0.717) is 13.2 Å². The lowest BCUT2D eigenvalue weighted by molar-refractivity contribution is 0.329. The maximum absolute atomic E-state index is 12.5. The highest BCUT2D eigenvalue weighted by Gasteiger charge is 2.23. The van der Waals surface area contributed by atoms with Crippen LogP contribution in [0.15, 0.2) is 40.6 Å².